The van der Waals surface area contributed by atoms with E-state index in [-0.39, 0.29) is 5.69 Å². The van der Waals surface area contributed by atoms with Gasteiger partial charge < -0.3 is 0 Å². The first-order valence-electron chi connectivity index (χ1n) is 6.42. The molecule has 6 heteroatoms. The summed E-state index contributed by atoms with van der Waals surface area (Å²) >= 11 is 6.15. The summed E-state index contributed by atoms with van der Waals surface area (Å²) in [4.78, 5) is 8.73. The average Bonchev–Trinajstić information content (AvgIpc) is 2.77. The van der Waals surface area contributed by atoms with Crippen LogP contribution in [0, 0.1) is 18.6 Å². The number of benzene rings is 1. The number of fused-ring (bicyclic) bond motifs is 1. The van der Waals surface area contributed by atoms with E-state index in [1.165, 1.54) is 16.7 Å². The second-order valence-electron chi connectivity index (χ2n) is 4.87. The van der Waals surface area contributed by atoms with Crippen molar-refractivity contribution in [2.45, 2.75) is 19.2 Å². The van der Waals surface area contributed by atoms with Crippen LogP contribution in [0.2, 0.25) is 0 Å². The fourth-order valence-electron chi connectivity index (χ4n) is 2.25. The number of aromatic nitrogens is 3. The SMILES string of the molecule is Cc1cnc2c(c1)nc(C(C)Cl)n2-c1ccc(F)cc1F. The molecule has 1 aromatic carbocycles. The van der Waals surface area contributed by atoms with Crippen LogP contribution in [-0.2, 0) is 0 Å². The van der Waals surface area contributed by atoms with E-state index in [9.17, 15) is 8.78 Å². The molecule has 0 N–H and O–H groups in total. The van der Waals surface area contributed by atoms with E-state index in [0.717, 1.165) is 11.6 Å². The summed E-state index contributed by atoms with van der Waals surface area (Å²) in [7, 11) is 0. The van der Waals surface area contributed by atoms with Gasteiger partial charge in [-0.25, -0.2) is 18.7 Å². The van der Waals surface area contributed by atoms with Gasteiger partial charge in [0.25, 0.3) is 0 Å². The highest BCUT2D eigenvalue weighted by molar-refractivity contribution is 6.20. The topological polar surface area (TPSA) is 30.7 Å². The number of aryl methyl sites for hydroxylation is 1. The first-order valence-corrected chi connectivity index (χ1v) is 6.85. The number of alkyl halides is 1. The summed E-state index contributed by atoms with van der Waals surface area (Å²) in [5.41, 5.74) is 2.24. The van der Waals surface area contributed by atoms with E-state index in [2.05, 4.69) is 9.97 Å². The molecule has 0 fully saturated rings. The van der Waals surface area contributed by atoms with Crippen LogP contribution in [0.1, 0.15) is 23.7 Å². The summed E-state index contributed by atoms with van der Waals surface area (Å²) in [5.74, 6) is -0.851. The van der Waals surface area contributed by atoms with Crippen LogP contribution in [0.5, 0.6) is 0 Å². The molecule has 108 valence electrons. The summed E-state index contributed by atoms with van der Waals surface area (Å²) in [6.07, 6.45) is 1.67. The fraction of sp³-hybridized carbons (Fsp3) is 0.200. The van der Waals surface area contributed by atoms with Crippen molar-refractivity contribution in [3.63, 3.8) is 0 Å². The molecule has 0 spiro atoms. The molecular formula is C15H12ClF2N3. The Kier molecular flexibility index (Phi) is 3.37. The van der Waals surface area contributed by atoms with Crippen molar-refractivity contribution in [1.29, 1.82) is 0 Å². The molecule has 0 bridgehead atoms. The van der Waals surface area contributed by atoms with Gasteiger partial charge in [-0.1, -0.05) is 0 Å². The minimum atomic E-state index is -0.685. The van der Waals surface area contributed by atoms with Gasteiger partial charge in [0.1, 0.15) is 23.0 Å². The highest BCUT2D eigenvalue weighted by atomic mass is 35.5. The molecule has 0 aliphatic heterocycles. The van der Waals surface area contributed by atoms with Crippen molar-refractivity contribution in [3.05, 3.63) is 53.5 Å². The molecule has 1 atom stereocenters. The lowest BCUT2D eigenvalue weighted by Crippen LogP contribution is -2.05. The van der Waals surface area contributed by atoms with Crippen LogP contribution < -0.4 is 0 Å². The molecule has 0 aliphatic rings. The molecular weight excluding hydrogens is 296 g/mol. The van der Waals surface area contributed by atoms with Crippen molar-refractivity contribution in [1.82, 2.24) is 14.5 Å². The van der Waals surface area contributed by atoms with Gasteiger partial charge in [0.05, 0.1) is 11.1 Å². The number of pyridine rings is 1. The number of nitrogens with zero attached hydrogens (tertiary/aromatic N) is 3. The second kappa shape index (κ2) is 5.07. The van der Waals surface area contributed by atoms with Crippen LogP contribution in [0.4, 0.5) is 8.78 Å². The maximum Gasteiger partial charge on any atom is 0.164 e. The number of imidazole rings is 1. The Morgan fingerprint density at radius 3 is 2.67 bits per heavy atom. The molecule has 0 aliphatic carbocycles. The molecule has 0 amide bonds. The quantitative estimate of drug-likeness (QED) is 0.661. The lowest BCUT2D eigenvalue weighted by Gasteiger charge is -2.11. The van der Waals surface area contributed by atoms with Gasteiger partial charge in [0.15, 0.2) is 5.65 Å². The van der Waals surface area contributed by atoms with E-state index >= 15 is 0 Å². The third-order valence-electron chi connectivity index (χ3n) is 3.17. The number of rotatable bonds is 2. The van der Waals surface area contributed by atoms with Crippen molar-refractivity contribution < 1.29 is 8.78 Å². The predicted octanol–water partition coefficient (Wildman–Crippen LogP) is 4.31. The van der Waals surface area contributed by atoms with Crippen molar-refractivity contribution >= 4 is 22.8 Å². The van der Waals surface area contributed by atoms with Gasteiger partial charge in [0.2, 0.25) is 0 Å². The highest BCUT2D eigenvalue weighted by Crippen LogP contribution is 2.28. The fourth-order valence-corrected chi connectivity index (χ4v) is 2.40. The maximum atomic E-state index is 14.1. The minimum absolute atomic E-state index is 0.178. The summed E-state index contributed by atoms with van der Waals surface area (Å²) in [6.45, 7) is 3.64. The highest BCUT2D eigenvalue weighted by Gasteiger charge is 2.19. The van der Waals surface area contributed by atoms with Crippen LogP contribution in [0.3, 0.4) is 0 Å². The Morgan fingerprint density at radius 2 is 2.00 bits per heavy atom. The van der Waals surface area contributed by atoms with Crippen LogP contribution in [-0.4, -0.2) is 14.5 Å². The van der Waals surface area contributed by atoms with Gasteiger partial charge >= 0.3 is 0 Å². The normalized spacial score (nSPS) is 12.8. The molecule has 3 aromatic rings. The molecule has 0 saturated heterocycles. The van der Waals surface area contributed by atoms with Crippen molar-refractivity contribution in [3.8, 4) is 5.69 Å². The third kappa shape index (κ3) is 2.38. The zero-order valence-corrected chi connectivity index (χ0v) is 12.2. The van der Waals surface area contributed by atoms with E-state index < -0.39 is 17.0 Å². The Bertz CT molecular complexity index is 827. The smallest absolute Gasteiger partial charge is 0.164 e. The monoisotopic (exact) mass is 307 g/mol. The zero-order chi connectivity index (χ0) is 15.1. The second-order valence-corrected chi connectivity index (χ2v) is 5.53. The first kappa shape index (κ1) is 13.9. The molecule has 21 heavy (non-hydrogen) atoms. The van der Waals surface area contributed by atoms with E-state index in [0.29, 0.717) is 17.0 Å². The summed E-state index contributed by atoms with van der Waals surface area (Å²) < 4.78 is 28.7. The molecule has 3 nitrogen and oxygen atoms in total. The third-order valence-corrected chi connectivity index (χ3v) is 3.36. The molecule has 1 unspecified atom stereocenters. The Balaban J connectivity index is 2.36. The maximum absolute atomic E-state index is 14.1. The lowest BCUT2D eigenvalue weighted by molar-refractivity contribution is 0.577. The standard InChI is InChI=1S/C15H12ClF2N3/c1-8-5-12-15(19-7-8)21(14(20-12)9(2)16)13-4-3-10(17)6-11(13)18/h3-7,9H,1-2H3. The largest absolute Gasteiger partial charge is 0.276 e. The zero-order valence-electron chi connectivity index (χ0n) is 11.4. The minimum Gasteiger partial charge on any atom is -0.276 e. The Labute approximate surface area is 125 Å². The molecule has 3 rings (SSSR count). The summed E-state index contributed by atoms with van der Waals surface area (Å²) in [6, 6.07) is 5.23. The molecule has 0 radical (unpaired) electrons. The van der Waals surface area contributed by atoms with Crippen molar-refractivity contribution in [2.75, 3.05) is 0 Å². The van der Waals surface area contributed by atoms with Gasteiger partial charge in [-0.15, -0.1) is 11.6 Å². The van der Waals surface area contributed by atoms with Crippen LogP contribution >= 0.6 is 11.6 Å². The van der Waals surface area contributed by atoms with E-state index in [1.807, 2.05) is 13.0 Å². The number of hydrogen-bond donors (Lipinski definition) is 0. The average molecular weight is 308 g/mol. The van der Waals surface area contributed by atoms with Crippen LogP contribution in [0.15, 0.2) is 30.5 Å². The Morgan fingerprint density at radius 1 is 1.24 bits per heavy atom. The van der Waals surface area contributed by atoms with E-state index in [1.54, 1.807) is 13.1 Å². The number of halogens is 3. The molecule has 2 aromatic heterocycles. The lowest BCUT2D eigenvalue weighted by atomic mass is 10.2. The predicted molar refractivity (Wildman–Crippen MR) is 77.8 cm³/mol. The van der Waals surface area contributed by atoms with Gasteiger partial charge in [0, 0.05) is 12.3 Å². The van der Waals surface area contributed by atoms with Gasteiger partial charge in [-0.2, -0.15) is 0 Å². The summed E-state index contributed by atoms with van der Waals surface area (Å²) in [5, 5.41) is -0.441. The molecule has 2 heterocycles. The number of hydrogen-bond acceptors (Lipinski definition) is 2. The van der Waals surface area contributed by atoms with Gasteiger partial charge in [-0.3, -0.25) is 4.57 Å². The molecule has 0 saturated carbocycles. The first-order chi connectivity index (χ1) is 9.97. The van der Waals surface area contributed by atoms with Crippen LogP contribution in [0.25, 0.3) is 16.9 Å². The Hall–Kier alpha value is -2.01. The van der Waals surface area contributed by atoms with Gasteiger partial charge in [-0.05, 0) is 37.6 Å². The van der Waals surface area contributed by atoms with Crippen molar-refractivity contribution in [2.24, 2.45) is 0 Å². The van der Waals surface area contributed by atoms with E-state index in [4.69, 9.17) is 11.6 Å².